The standard InChI is InChI=1S/C17H28N4OS2/c1-4-6-8-13(5-2)12-18-16(23)20-21-17(24)19-14-9-7-10-15(11-14)22-3/h7,9-11,13H,4-6,8,12H2,1-3H3,(H2,18,20,23)(H2,19,21,24)/t13-/m1/s1. The number of nitrogens with one attached hydrogen (secondary N) is 4. The summed E-state index contributed by atoms with van der Waals surface area (Å²) in [6, 6.07) is 7.54. The van der Waals surface area contributed by atoms with Crippen molar-refractivity contribution in [3.05, 3.63) is 24.3 Å². The monoisotopic (exact) mass is 368 g/mol. The Morgan fingerprint density at radius 1 is 1.17 bits per heavy atom. The first-order chi connectivity index (χ1) is 11.6. The Bertz CT molecular complexity index is 525. The van der Waals surface area contributed by atoms with E-state index >= 15 is 0 Å². The second-order valence-corrected chi connectivity index (χ2v) is 6.38. The molecule has 0 heterocycles. The first-order valence-corrected chi connectivity index (χ1v) is 9.15. The van der Waals surface area contributed by atoms with Crippen LogP contribution in [0.15, 0.2) is 24.3 Å². The zero-order valence-electron chi connectivity index (χ0n) is 14.6. The summed E-state index contributed by atoms with van der Waals surface area (Å²) in [5.41, 5.74) is 6.63. The van der Waals surface area contributed by atoms with E-state index in [1.165, 1.54) is 19.3 Å². The lowest BCUT2D eigenvalue weighted by molar-refractivity contribution is 0.415. The Kier molecular flexibility index (Phi) is 10.1. The van der Waals surface area contributed by atoms with Crippen LogP contribution in [0.4, 0.5) is 5.69 Å². The lowest BCUT2D eigenvalue weighted by Crippen LogP contribution is -2.49. The van der Waals surface area contributed by atoms with Gasteiger partial charge in [0.05, 0.1) is 7.11 Å². The highest BCUT2D eigenvalue weighted by Gasteiger charge is 2.06. The van der Waals surface area contributed by atoms with E-state index < -0.39 is 0 Å². The van der Waals surface area contributed by atoms with E-state index in [0.717, 1.165) is 24.4 Å². The largest absolute Gasteiger partial charge is 0.497 e. The molecule has 0 aliphatic carbocycles. The Morgan fingerprint density at radius 2 is 1.92 bits per heavy atom. The van der Waals surface area contributed by atoms with Gasteiger partial charge in [-0.15, -0.1) is 0 Å². The summed E-state index contributed by atoms with van der Waals surface area (Å²) in [4.78, 5) is 0. The fourth-order valence-corrected chi connectivity index (χ4v) is 2.50. The van der Waals surface area contributed by atoms with E-state index in [2.05, 4.69) is 35.3 Å². The Morgan fingerprint density at radius 3 is 2.58 bits per heavy atom. The number of thiocarbonyl (C=S) groups is 2. The number of unbranched alkanes of at least 4 members (excludes halogenated alkanes) is 1. The molecule has 1 rings (SSSR count). The van der Waals surface area contributed by atoms with Crippen molar-refractivity contribution in [1.29, 1.82) is 0 Å². The lowest BCUT2D eigenvalue weighted by atomic mass is 9.99. The number of benzene rings is 1. The van der Waals surface area contributed by atoms with E-state index in [1.54, 1.807) is 7.11 Å². The molecule has 0 saturated carbocycles. The molecule has 0 spiro atoms. The van der Waals surface area contributed by atoms with Crippen molar-refractivity contribution in [3.8, 4) is 5.75 Å². The average Bonchev–Trinajstić information content (AvgIpc) is 2.60. The molecule has 24 heavy (non-hydrogen) atoms. The fourth-order valence-electron chi connectivity index (χ4n) is 2.20. The van der Waals surface area contributed by atoms with Crippen molar-refractivity contribution in [2.75, 3.05) is 19.0 Å². The van der Waals surface area contributed by atoms with Gasteiger partial charge < -0.3 is 15.4 Å². The SMILES string of the molecule is CCCC[C@@H](CC)CNC(=S)NNC(=S)Nc1cccc(OC)c1. The van der Waals surface area contributed by atoms with Crippen LogP contribution in [0.25, 0.3) is 0 Å². The van der Waals surface area contributed by atoms with Gasteiger partial charge in [-0.05, 0) is 48.9 Å². The highest BCUT2D eigenvalue weighted by Crippen LogP contribution is 2.16. The number of hydrazine groups is 1. The highest BCUT2D eigenvalue weighted by atomic mass is 32.1. The first kappa shape index (κ1) is 20.4. The fraction of sp³-hybridized carbons (Fsp3) is 0.529. The van der Waals surface area contributed by atoms with Gasteiger partial charge in [-0.1, -0.05) is 39.2 Å². The molecule has 1 aromatic rings. The lowest BCUT2D eigenvalue weighted by Gasteiger charge is -2.18. The molecule has 0 aliphatic rings. The maximum atomic E-state index is 5.26. The van der Waals surface area contributed by atoms with Crippen molar-refractivity contribution < 1.29 is 4.74 Å². The predicted octanol–water partition coefficient (Wildman–Crippen LogP) is 3.58. The molecule has 0 bridgehead atoms. The smallest absolute Gasteiger partial charge is 0.189 e. The normalized spacial score (nSPS) is 11.3. The van der Waals surface area contributed by atoms with Gasteiger partial charge in [0.15, 0.2) is 10.2 Å². The van der Waals surface area contributed by atoms with Gasteiger partial charge in [-0.25, -0.2) is 0 Å². The Balaban J connectivity index is 2.29. The summed E-state index contributed by atoms with van der Waals surface area (Å²) in [6.45, 7) is 5.30. The van der Waals surface area contributed by atoms with E-state index in [9.17, 15) is 0 Å². The van der Waals surface area contributed by atoms with Gasteiger partial charge >= 0.3 is 0 Å². The molecular formula is C17H28N4OS2. The molecule has 0 radical (unpaired) electrons. The summed E-state index contributed by atoms with van der Waals surface area (Å²) in [5.74, 6) is 1.41. The van der Waals surface area contributed by atoms with Crippen LogP contribution >= 0.6 is 24.4 Å². The zero-order valence-corrected chi connectivity index (χ0v) is 16.3. The minimum Gasteiger partial charge on any atom is -0.497 e. The van der Waals surface area contributed by atoms with E-state index in [4.69, 9.17) is 29.2 Å². The minimum absolute atomic E-state index is 0.436. The van der Waals surface area contributed by atoms with Crippen LogP contribution < -0.4 is 26.2 Å². The minimum atomic E-state index is 0.436. The van der Waals surface area contributed by atoms with Gasteiger partial charge in [0.1, 0.15) is 5.75 Å². The number of rotatable bonds is 8. The third-order valence-electron chi connectivity index (χ3n) is 3.71. The number of methoxy groups -OCH3 is 1. The van der Waals surface area contributed by atoms with E-state index in [-0.39, 0.29) is 0 Å². The van der Waals surface area contributed by atoms with Crippen LogP contribution in [0.3, 0.4) is 0 Å². The van der Waals surface area contributed by atoms with Crippen molar-refractivity contribution >= 4 is 40.3 Å². The van der Waals surface area contributed by atoms with Crippen LogP contribution in [0.5, 0.6) is 5.75 Å². The van der Waals surface area contributed by atoms with Gasteiger partial charge in [0.25, 0.3) is 0 Å². The molecule has 0 unspecified atom stereocenters. The molecule has 0 aliphatic heterocycles. The second-order valence-electron chi connectivity index (χ2n) is 5.56. The summed E-state index contributed by atoms with van der Waals surface area (Å²) >= 11 is 10.5. The van der Waals surface area contributed by atoms with Crippen molar-refractivity contribution in [3.63, 3.8) is 0 Å². The van der Waals surface area contributed by atoms with E-state index in [1.807, 2.05) is 24.3 Å². The van der Waals surface area contributed by atoms with Crippen LogP contribution in [0, 0.1) is 5.92 Å². The number of hydrogen-bond donors (Lipinski definition) is 4. The van der Waals surface area contributed by atoms with Gasteiger partial charge in [0.2, 0.25) is 0 Å². The van der Waals surface area contributed by atoms with Crippen molar-refractivity contribution in [1.82, 2.24) is 16.2 Å². The summed E-state index contributed by atoms with van der Waals surface area (Å²) in [5, 5.41) is 7.27. The first-order valence-electron chi connectivity index (χ1n) is 8.33. The molecule has 7 heteroatoms. The van der Waals surface area contributed by atoms with Crippen LogP contribution in [0.2, 0.25) is 0 Å². The molecule has 4 N–H and O–H groups in total. The van der Waals surface area contributed by atoms with Crippen LogP contribution in [-0.2, 0) is 0 Å². The number of anilines is 1. The van der Waals surface area contributed by atoms with Gasteiger partial charge in [0, 0.05) is 18.3 Å². The molecule has 5 nitrogen and oxygen atoms in total. The van der Waals surface area contributed by atoms with E-state index in [0.29, 0.717) is 16.1 Å². The predicted molar refractivity (Wildman–Crippen MR) is 109 cm³/mol. The topological polar surface area (TPSA) is 57.3 Å². The van der Waals surface area contributed by atoms with Crippen molar-refractivity contribution in [2.45, 2.75) is 39.5 Å². The average molecular weight is 369 g/mol. The molecule has 1 aromatic carbocycles. The van der Waals surface area contributed by atoms with Crippen molar-refractivity contribution in [2.24, 2.45) is 5.92 Å². The maximum absolute atomic E-state index is 5.26. The third-order valence-corrected chi connectivity index (χ3v) is 4.16. The number of ether oxygens (including phenoxy) is 1. The third kappa shape index (κ3) is 8.31. The van der Waals surface area contributed by atoms with Gasteiger partial charge in [-0.2, -0.15) is 0 Å². The molecule has 134 valence electrons. The maximum Gasteiger partial charge on any atom is 0.189 e. The van der Waals surface area contributed by atoms with Crippen LogP contribution in [0.1, 0.15) is 39.5 Å². The number of hydrogen-bond acceptors (Lipinski definition) is 3. The van der Waals surface area contributed by atoms with Crippen LogP contribution in [-0.4, -0.2) is 23.9 Å². The highest BCUT2D eigenvalue weighted by molar-refractivity contribution is 7.80. The Hall–Kier alpha value is -1.60. The summed E-state index contributed by atoms with van der Waals surface area (Å²) in [7, 11) is 1.63. The molecule has 0 fully saturated rings. The molecule has 0 saturated heterocycles. The molecule has 0 aromatic heterocycles. The van der Waals surface area contributed by atoms with Gasteiger partial charge in [-0.3, -0.25) is 10.9 Å². The molecular weight excluding hydrogens is 340 g/mol. The Labute approximate surface area is 155 Å². The molecule has 0 amide bonds. The molecule has 1 atom stereocenters. The summed E-state index contributed by atoms with van der Waals surface area (Å²) in [6.07, 6.45) is 4.86. The zero-order chi connectivity index (χ0) is 17.8. The second kappa shape index (κ2) is 11.9. The quantitative estimate of drug-likeness (QED) is 0.413. The summed E-state index contributed by atoms with van der Waals surface area (Å²) < 4.78 is 5.18.